The molecule has 126 valence electrons. The molecular weight excluding hydrogens is 314 g/mol. The molecule has 2 rings (SSSR count). The third kappa shape index (κ3) is 5.33. The van der Waals surface area contributed by atoms with E-state index < -0.39 is 0 Å². The normalized spacial score (nSPS) is 9.72. The van der Waals surface area contributed by atoms with E-state index in [2.05, 4.69) is 23.3 Å². The van der Waals surface area contributed by atoms with E-state index >= 15 is 0 Å². The second-order valence-corrected chi connectivity index (χ2v) is 5.40. The maximum Gasteiger partial charge on any atom is 0.253 e. The Bertz CT molecular complexity index is 804. The maximum atomic E-state index is 12.2. The Morgan fingerprint density at radius 3 is 2.52 bits per heavy atom. The van der Waals surface area contributed by atoms with Crippen molar-refractivity contribution in [2.24, 2.45) is 0 Å². The summed E-state index contributed by atoms with van der Waals surface area (Å²) >= 11 is 0. The fraction of sp³-hybridized carbons (Fsp3) is 0.150. The summed E-state index contributed by atoms with van der Waals surface area (Å²) in [6.45, 7) is 3.92. The zero-order valence-electron chi connectivity index (χ0n) is 13.8. The number of rotatable bonds is 7. The van der Waals surface area contributed by atoms with Crippen molar-refractivity contribution in [3.63, 3.8) is 0 Å². The highest BCUT2D eigenvalue weighted by atomic mass is 16.2. The van der Waals surface area contributed by atoms with E-state index in [0.29, 0.717) is 29.8 Å². The summed E-state index contributed by atoms with van der Waals surface area (Å²) in [6, 6.07) is 16.1. The first-order valence-corrected chi connectivity index (χ1v) is 7.91. The smallest absolute Gasteiger partial charge is 0.253 e. The lowest BCUT2D eigenvalue weighted by atomic mass is 10.1. The second-order valence-electron chi connectivity index (χ2n) is 5.40. The predicted octanol–water partition coefficient (Wildman–Crippen LogP) is 3.05. The number of hydrogen-bond donors (Lipinski definition) is 2. The zero-order valence-corrected chi connectivity index (χ0v) is 13.8. The highest BCUT2D eigenvalue weighted by molar-refractivity contribution is 6.03. The van der Waals surface area contributed by atoms with Gasteiger partial charge in [0.1, 0.15) is 0 Å². The number of anilines is 1. The summed E-state index contributed by atoms with van der Waals surface area (Å²) in [5, 5.41) is 14.3. The summed E-state index contributed by atoms with van der Waals surface area (Å²) in [5.41, 5.74) is 2.46. The van der Waals surface area contributed by atoms with Crippen molar-refractivity contribution >= 4 is 17.5 Å². The Morgan fingerprint density at radius 2 is 1.84 bits per heavy atom. The minimum absolute atomic E-state index is 0.173. The van der Waals surface area contributed by atoms with Crippen molar-refractivity contribution in [3.05, 3.63) is 77.9 Å². The van der Waals surface area contributed by atoms with Gasteiger partial charge in [-0.1, -0.05) is 30.3 Å². The number of hydrogen-bond acceptors (Lipinski definition) is 3. The highest BCUT2D eigenvalue weighted by Crippen LogP contribution is 2.16. The lowest BCUT2D eigenvalue weighted by molar-refractivity contribution is -0.116. The van der Waals surface area contributed by atoms with Crippen LogP contribution in [-0.2, 0) is 11.2 Å². The van der Waals surface area contributed by atoms with Gasteiger partial charge in [-0.25, -0.2) is 0 Å². The summed E-state index contributed by atoms with van der Waals surface area (Å²) in [5.74, 6) is -0.434. The number of nitriles is 1. The molecular formula is C20H19N3O2. The SMILES string of the molecule is C=CCNC(=O)c1ccccc1NC(=O)CCc1ccc(C#N)cc1. The van der Waals surface area contributed by atoms with Crippen molar-refractivity contribution in [2.75, 3.05) is 11.9 Å². The molecule has 25 heavy (non-hydrogen) atoms. The van der Waals surface area contributed by atoms with Crippen LogP contribution >= 0.6 is 0 Å². The molecule has 0 radical (unpaired) electrons. The van der Waals surface area contributed by atoms with Gasteiger partial charge in [0.05, 0.1) is 22.9 Å². The molecule has 2 N–H and O–H groups in total. The molecule has 0 unspecified atom stereocenters. The van der Waals surface area contributed by atoms with Gasteiger partial charge in [-0.05, 0) is 36.2 Å². The van der Waals surface area contributed by atoms with E-state index in [9.17, 15) is 9.59 Å². The molecule has 0 fully saturated rings. The summed E-state index contributed by atoms with van der Waals surface area (Å²) in [7, 11) is 0. The van der Waals surface area contributed by atoms with Gasteiger partial charge in [0.2, 0.25) is 5.91 Å². The monoisotopic (exact) mass is 333 g/mol. The van der Waals surface area contributed by atoms with Crippen molar-refractivity contribution in [3.8, 4) is 6.07 Å². The van der Waals surface area contributed by atoms with Crippen LogP contribution in [0.5, 0.6) is 0 Å². The predicted molar refractivity (Wildman–Crippen MR) is 97.1 cm³/mol. The summed E-state index contributed by atoms with van der Waals surface area (Å²) < 4.78 is 0. The molecule has 0 heterocycles. The fourth-order valence-electron chi connectivity index (χ4n) is 2.27. The molecule has 0 atom stereocenters. The molecule has 2 amide bonds. The molecule has 0 aliphatic heterocycles. The number of aryl methyl sites for hydroxylation is 1. The quantitative estimate of drug-likeness (QED) is 0.764. The molecule has 0 aliphatic rings. The number of carbonyl (C=O) groups excluding carboxylic acids is 2. The van der Waals surface area contributed by atoms with Crippen LogP contribution in [0.3, 0.4) is 0 Å². The van der Waals surface area contributed by atoms with E-state index in [0.717, 1.165) is 5.56 Å². The van der Waals surface area contributed by atoms with Gasteiger partial charge < -0.3 is 10.6 Å². The van der Waals surface area contributed by atoms with Crippen LogP contribution in [0.25, 0.3) is 0 Å². The van der Waals surface area contributed by atoms with Crippen molar-refractivity contribution in [1.82, 2.24) is 5.32 Å². The fourth-order valence-corrected chi connectivity index (χ4v) is 2.27. The van der Waals surface area contributed by atoms with Crippen molar-refractivity contribution in [2.45, 2.75) is 12.8 Å². The molecule has 0 aromatic heterocycles. The Balaban J connectivity index is 1.97. The third-order valence-corrected chi connectivity index (χ3v) is 3.58. The number of nitrogens with one attached hydrogen (secondary N) is 2. The number of benzene rings is 2. The number of nitrogens with zero attached hydrogens (tertiary/aromatic N) is 1. The Morgan fingerprint density at radius 1 is 1.12 bits per heavy atom. The molecule has 2 aromatic rings. The van der Waals surface area contributed by atoms with E-state index in [1.807, 2.05) is 12.1 Å². The van der Waals surface area contributed by atoms with Crippen molar-refractivity contribution < 1.29 is 9.59 Å². The van der Waals surface area contributed by atoms with Crippen LogP contribution in [0.4, 0.5) is 5.69 Å². The first-order valence-electron chi connectivity index (χ1n) is 7.91. The van der Waals surface area contributed by atoms with Crippen LogP contribution in [0.15, 0.2) is 61.2 Å². The molecule has 0 saturated heterocycles. The van der Waals surface area contributed by atoms with E-state index in [1.165, 1.54) is 0 Å². The first-order chi connectivity index (χ1) is 12.1. The van der Waals surface area contributed by atoms with Crippen molar-refractivity contribution in [1.29, 1.82) is 5.26 Å². The van der Waals surface area contributed by atoms with E-state index in [4.69, 9.17) is 5.26 Å². The number of amides is 2. The minimum Gasteiger partial charge on any atom is -0.349 e. The lowest BCUT2D eigenvalue weighted by Gasteiger charge is -2.11. The minimum atomic E-state index is -0.261. The number of para-hydroxylation sites is 1. The van der Waals surface area contributed by atoms with Gasteiger partial charge in [-0.3, -0.25) is 9.59 Å². The van der Waals surface area contributed by atoms with Crippen LogP contribution in [0, 0.1) is 11.3 Å². The molecule has 5 heteroatoms. The molecule has 0 aliphatic carbocycles. The Hall–Kier alpha value is -3.39. The molecule has 0 saturated carbocycles. The Labute approximate surface area is 147 Å². The van der Waals surface area contributed by atoms with Gasteiger partial charge in [-0.2, -0.15) is 5.26 Å². The molecule has 0 bridgehead atoms. The summed E-state index contributed by atoms with van der Waals surface area (Å²) in [6.07, 6.45) is 2.44. The standard InChI is InChI=1S/C20H19N3O2/c1-2-13-22-20(25)17-5-3-4-6-18(17)23-19(24)12-11-15-7-9-16(14-21)10-8-15/h2-10H,1,11-13H2,(H,22,25)(H,23,24). The lowest BCUT2D eigenvalue weighted by Crippen LogP contribution is -2.25. The van der Waals surface area contributed by atoms with Crippen LogP contribution in [0.1, 0.15) is 27.9 Å². The van der Waals surface area contributed by atoms with E-state index in [1.54, 1.807) is 42.5 Å². The van der Waals surface area contributed by atoms with Gasteiger partial charge in [0.25, 0.3) is 5.91 Å². The first kappa shape index (κ1) is 18.0. The molecule has 0 spiro atoms. The van der Waals surface area contributed by atoms with Gasteiger partial charge in [0, 0.05) is 13.0 Å². The maximum absolute atomic E-state index is 12.2. The summed E-state index contributed by atoms with van der Waals surface area (Å²) in [4.78, 5) is 24.3. The topological polar surface area (TPSA) is 82.0 Å². The highest BCUT2D eigenvalue weighted by Gasteiger charge is 2.12. The van der Waals surface area contributed by atoms with Gasteiger partial charge in [0.15, 0.2) is 0 Å². The third-order valence-electron chi connectivity index (χ3n) is 3.58. The van der Waals surface area contributed by atoms with Gasteiger partial charge in [-0.15, -0.1) is 6.58 Å². The van der Waals surface area contributed by atoms with Crippen LogP contribution < -0.4 is 10.6 Å². The van der Waals surface area contributed by atoms with Gasteiger partial charge >= 0.3 is 0 Å². The number of carbonyl (C=O) groups is 2. The largest absolute Gasteiger partial charge is 0.349 e. The van der Waals surface area contributed by atoms with Crippen LogP contribution in [0.2, 0.25) is 0 Å². The zero-order chi connectivity index (χ0) is 18.1. The average molecular weight is 333 g/mol. The average Bonchev–Trinajstić information content (AvgIpc) is 2.65. The van der Waals surface area contributed by atoms with Crippen LogP contribution in [-0.4, -0.2) is 18.4 Å². The molecule has 2 aromatic carbocycles. The molecule has 5 nitrogen and oxygen atoms in total. The second kappa shape index (κ2) is 9.04. The van der Waals surface area contributed by atoms with E-state index in [-0.39, 0.29) is 18.2 Å². The Kier molecular flexibility index (Phi) is 6.49.